The average Bonchev–Trinajstić information content (AvgIpc) is 2.69. The number of carboxylic acids is 1. The van der Waals surface area contributed by atoms with E-state index in [9.17, 15) is 5.11 Å². The second-order valence-electron chi connectivity index (χ2n) is 5.44. The Bertz CT molecular complexity index is 592. The van der Waals surface area contributed by atoms with Gasteiger partial charge in [-0.05, 0) is 13.0 Å². The summed E-state index contributed by atoms with van der Waals surface area (Å²) in [6.07, 6.45) is -0.366. The summed E-state index contributed by atoms with van der Waals surface area (Å²) >= 11 is 0. The smallest absolute Gasteiger partial charge is 0.300 e. The van der Waals surface area contributed by atoms with Gasteiger partial charge >= 0.3 is 0 Å². The van der Waals surface area contributed by atoms with E-state index in [1.165, 1.54) is 5.56 Å². The first-order chi connectivity index (χ1) is 12.9. The van der Waals surface area contributed by atoms with Crippen LogP contribution in [-0.4, -0.2) is 22.8 Å². The Hall–Kier alpha value is -2.33. The molecule has 0 saturated carbocycles. The van der Waals surface area contributed by atoms with Crippen molar-refractivity contribution in [2.45, 2.75) is 54.6 Å². The van der Waals surface area contributed by atoms with Gasteiger partial charge < -0.3 is 14.9 Å². The Morgan fingerprint density at radius 2 is 1.41 bits per heavy atom. The maximum Gasteiger partial charge on any atom is 0.300 e. The van der Waals surface area contributed by atoms with Crippen LogP contribution in [0.3, 0.4) is 0 Å². The predicted octanol–water partition coefficient (Wildman–Crippen LogP) is 5.89. The van der Waals surface area contributed by atoms with Gasteiger partial charge in [-0.3, -0.25) is 4.79 Å². The lowest BCUT2D eigenvalue weighted by Crippen LogP contribution is -2.23. The fourth-order valence-electron chi connectivity index (χ4n) is 2.01. The fourth-order valence-corrected chi connectivity index (χ4v) is 2.01. The Morgan fingerprint density at radius 3 is 1.85 bits per heavy atom. The first-order valence-corrected chi connectivity index (χ1v) is 9.52. The lowest BCUT2D eigenvalue weighted by atomic mass is 9.95. The number of fused-ring (bicyclic) bond motifs is 1. The highest BCUT2D eigenvalue weighted by atomic mass is 16.5. The number of aliphatic hydroxyl groups excluding tert-OH is 1. The molecule has 0 spiro atoms. The van der Waals surface area contributed by atoms with E-state index in [4.69, 9.17) is 14.6 Å². The van der Waals surface area contributed by atoms with Crippen LogP contribution < -0.4 is 4.74 Å². The largest absolute Gasteiger partial charge is 0.493 e. The number of para-hydroxylation sites is 1. The average molecular weight is 377 g/mol. The first kappa shape index (κ1) is 26.9. The van der Waals surface area contributed by atoms with Gasteiger partial charge in [-0.15, -0.1) is 0 Å². The van der Waals surface area contributed by atoms with Crippen LogP contribution >= 0.6 is 0 Å². The van der Waals surface area contributed by atoms with E-state index in [1.54, 1.807) is 0 Å². The molecule has 152 valence electrons. The van der Waals surface area contributed by atoms with Crippen LogP contribution in [0.15, 0.2) is 54.6 Å². The summed E-state index contributed by atoms with van der Waals surface area (Å²) in [5.74, 6) is 0.183. The van der Waals surface area contributed by atoms with Crippen molar-refractivity contribution in [3.63, 3.8) is 0 Å². The second kappa shape index (κ2) is 17.1. The Morgan fingerprint density at radius 1 is 0.963 bits per heavy atom. The van der Waals surface area contributed by atoms with Gasteiger partial charge in [-0.1, -0.05) is 88.7 Å². The summed E-state index contributed by atoms with van der Waals surface area (Å²) < 4.78 is 5.45. The van der Waals surface area contributed by atoms with Crippen LogP contribution in [0, 0.1) is 12.8 Å². The molecule has 0 unspecified atom stereocenters. The number of aliphatic hydroxyl groups is 1. The fraction of sp³-hybridized carbons (Fsp3) is 0.435. The molecule has 2 aromatic carbocycles. The first-order valence-electron chi connectivity index (χ1n) is 9.52. The molecule has 2 atom stereocenters. The van der Waals surface area contributed by atoms with Gasteiger partial charge in [-0.2, -0.15) is 0 Å². The van der Waals surface area contributed by atoms with Crippen LogP contribution in [0.2, 0.25) is 0 Å². The summed E-state index contributed by atoms with van der Waals surface area (Å²) in [5.41, 5.74) is 2.23. The van der Waals surface area contributed by atoms with Crippen LogP contribution in [0.25, 0.3) is 0 Å². The molecule has 1 aliphatic rings. The molecule has 0 radical (unpaired) electrons. The van der Waals surface area contributed by atoms with Gasteiger partial charge in [-0.25, -0.2) is 0 Å². The minimum atomic E-state index is -0.833. The highest BCUT2D eigenvalue weighted by Crippen LogP contribution is 2.34. The number of rotatable bonds is 0. The third kappa shape index (κ3) is 12.6. The Labute approximate surface area is 164 Å². The molecule has 3 rings (SSSR count). The van der Waals surface area contributed by atoms with Gasteiger partial charge in [0, 0.05) is 18.4 Å². The zero-order valence-electron chi connectivity index (χ0n) is 17.8. The third-order valence-electron chi connectivity index (χ3n) is 3.22. The molecule has 1 aliphatic heterocycles. The van der Waals surface area contributed by atoms with Crippen molar-refractivity contribution in [2.24, 2.45) is 5.92 Å². The molecule has 0 saturated heterocycles. The summed E-state index contributed by atoms with van der Waals surface area (Å²) in [5, 5.41) is 17.2. The molecule has 2 aromatic rings. The summed E-state index contributed by atoms with van der Waals surface area (Å²) in [6.45, 7) is 13.8. The van der Waals surface area contributed by atoms with Crippen LogP contribution in [0.1, 0.15) is 58.8 Å². The number of benzene rings is 2. The molecule has 1 heterocycles. The molecule has 4 heteroatoms. The standard InChI is InChI=1S/C10H12O2.C7H8.C2H4O2.2C2H6/c1-7-6-12-9-5-3-2-4-8(9)10(7)11;1-7-5-3-2-4-6-7;1-2(3)4;2*1-2/h2-5,7,10-11H,6H2,1H3;2-6H,1H3;1H3,(H,3,4);2*1-2H3/t7-,10+;;;;/m0..../s1. The Kier molecular flexibility index (Phi) is 17.0. The van der Waals surface area contributed by atoms with Crippen LogP contribution in [-0.2, 0) is 4.79 Å². The third-order valence-corrected chi connectivity index (χ3v) is 3.22. The van der Waals surface area contributed by atoms with Crippen molar-refractivity contribution in [1.82, 2.24) is 0 Å². The molecule has 2 N–H and O–H groups in total. The van der Waals surface area contributed by atoms with Crippen molar-refractivity contribution in [3.05, 3.63) is 65.7 Å². The molecule has 27 heavy (non-hydrogen) atoms. The van der Waals surface area contributed by atoms with Gasteiger partial charge in [0.15, 0.2) is 0 Å². The number of aryl methyl sites for hydroxylation is 1. The van der Waals surface area contributed by atoms with E-state index in [0.29, 0.717) is 6.61 Å². The maximum absolute atomic E-state index is 9.75. The molecule has 0 amide bonds. The molecule has 0 fully saturated rings. The minimum Gasteiger partial charge on any atom is -0.493 e. The van der Waals surface area contributed by atoms with Gasteiger partial charge in [0.2, 0.25) is 0 Å². The van der Waals surface area contributed by atoms with E-state index in [-0.39, 0.29) is 12.0 Å². The summed E-state index contributed by atoms with van der Waals surface area (Å²) in [6, 6.07) is 17.9. The van der Waals surface area contributed by atoms with E-state index in [0.717, 1.165) is 18.2 Å². The van der Waals surface area contributed by atoms with Crippen molar-refractivity contribution < 1.29 is 19.7 Å². The highest BCUT2D eigenvalue weighted by Gasteiger charge is 2.24. The van der Waals surface area contributed by atoms with E-state index >= 15 is 0 Å². The van der Waals surface area contributed by atoms with Gasteiger partial charge in [0.25, 0.3) is 5.97 Å². The van der Waals surface area contributed by atoms with Crippen molar-refractivity contribution >= 4 is 5.97 Å². The van der Waals surface area contributed by atoms with Gasteiger partial charge in [0.05, 0.1) is 12.7 Å². The quantitative estimate of drug-likeness (QED) is 0.602. The number of carboxylic acid groups (broad SMARTS) is 1. The molecule has 4 nitrogen and oxygen atoms in total. The Balaban J connectivity index is 0. The highest BCUT2D eigenvalue weighted by molar-refractivity contribution is 5.62. The molecule has 0 aromatic heterocycles. The lowest BCUT2D eigenvalue weighted by molar-refractivity contribution is -0.134. The molecule has 0 bridgehead atoms. The topological polar surface area (TPSA) is 66.8 Å². The SMILES string of the molecule is CC.CC.CC(=O)O.C[C@H]1COc2ccccc2[C@@H]1O.Cc1ccccc1. The summed E-state index contributed by atoms with van der Waals surface area (Å²) in [7, 11) is 0. The van der Waals surface area contributed by atoms with E-state index in [1.807, 2.05) is 77.1 Å². The normalized spacial score (nSPS) is 15.9. The number of carbonyl (C=O) groups is 1. The minimum absolute atomic E-state index is 0.194. The van der Waals surface area contributed by atoms with Crippen LogP contribution in [0.4, 0.5) is 0 Å². The molecular formula is C23H36O4. The van der Waals surface area contributed by atoms with Crippen LogP contribution in [0.5, 0.6) is 5.75 Å². The predicted molar refractivity (Wildman–Crippen MR) is 113 cm³/mol. The second-order valence-corrected chi connectivity index (χ2v) is 5.44. The number of aliphatic carboxylic acids is 1. The molecular weight excluding hydrogens is 340 g/mol. The van der Waals surface area contributed by atoms with Crippen molar-refractivity contribution in [2.75, 3.05) is 6.61 Å². The van der Waals surface area contributed by atoms with Crippen molar-refractivity contribution in [1.29, 1.82) is 0 Å². The van der Waals surface area contributed by atoms with Crippen molar-refractivity contribution in [3.8, 4) is 5.75 Å². The maximum atomic E-state index is 9.75. The van der Waals surface area contributed by atoms with E-state index in [2.05, 4.69) is 19.1 Å². The zero-order chi connectivity index (χ0) is 21.2. The zero-order valence-corrected chi connectivity index (χ0v) is 17.8. The lowest BCUT2D eigenvalue weighted by Gasteiger charge is -2.27. The number of hydrogen-bond donors (Lipinski definition) is 2. The van der Waals surface area contributed by atoms with E-state index < -0.39 is 5.97 Å². The number of hydrogen-bond acceptors (Lipinski definition) is 3. The monoisotopic (exact) mass is 376 g/mol. The number of ether oxygens (including phenoxy) is 1. The van der Waals surface area contributed by atoms with Gasteiger partial charge in [0.1, 0.15) is 5.75 Å². The molecule has 0 aliphatic carbocycles. The summed E-state index contributed by atoms with van der Waals surface area (Å²) in [4.78, 5) is 9.00.